The highest BCUT2D eigenvalue weighted by Gasteiger charge is 2.22. The number of fused-ring (bicyclic) bond motifs is 2. The zero-order chi connectivity index (χ0) is 20.5. The molecule has 1 fully saturated rings. The molecule has 2 aliphatic rings. The lowest BCUT2D eigenvalue weighted by Gasteiger charge is -2.35. The molecule has 0 bridgehead atoms. The van der Waals surface area contributed by atoms with Crippen molar-refractivity contribution in [1.82, 2.24) is 19.9 Å². The van der Waals surface area contributed by atoms with Crippen LogP contribution in [-0.4, -0.2) is 52.1 Å². The van der Waals surface area contributed by atoms with Crippen LogP contribution in [0.2, 0.25) is 0 Å². The van der Waals surface area contributed by atoms with Crippen LogP contribution < -0.4 is 9.64 Å². The minimum absolute atomic E-state index is 0.0798. The van der Waals surface area contributed by atoms with Gasteiger partial charge in [-0.25, -0.2) is 15.0 Å². The van der Waals surface area contributed by atoms with Gasteiger partial charge in [-0.3, -0.25) is 4.90 Å². The van der Waals surface area contributed by atoms with Crippen LogP contribution in [0.4, 0.5) is 5.69 Å². The van der Waals surface area contributed by atoms with Crippen LogP contribution in [0.25, 0.3) is 10.9 Å². The van der Waals surface area contributed by atoms with Crippen molar-refractivity contribution in [2.24, 2.45) is 0 Å². The summed E-state index contributed by atoms with van der Waals surface area (Å²) in [6, 6.07) is 6.36. The van der Waals surface area contributed by atoms with Crippen molar-refractivity contribution in [1.29, 1.82) is 0 Å². The summed E-state index contributed by atoms with van der Waals surface area (Å²) < 4.78 is 11.9. The molecule has 5 rings (SSSR count). The lowest BCUT2D eigenvalue weighted by molar-refractivity contribution is 0.224. The molecular weight excluding hydrogens is 378 g/mol. The molecule has 0 unspecified atom stereocenters. The Morgan fingerprint density at radius 3 is 2.70 bits per heavy atom. The highest BCUT2D eigenvalue weighted by Crippen LogP contribution is 2.28. The summed E-state index contributed by atoms with van der Waals surface area (Å²) in [5, 5.41) is 0.969. The first-order chi connectivity index (χ1) is 14.7. The zero-order valence-electron chi connectivity index (χ0n) is 17.8. The first-order valence-electron chi connectivity index (χ1n) is 11.0. The molecule has 1 aliphatic carbocycles. The van der Waals surface area contributed by atoms with Gasteiger partial charge in [-0.1, -0.05) is 0 Å². The SMILES string of the molecule is CC(C)Oc1ncnc2ccc(N3CCN(Cc4nc5c(o4)CCCC5)CC3)cc12. The Labute approximate surface area is 177 Å². The molecule has 0 spiro atoms. The van der Waals surface area contributed by atoms with Gasteiger partial charge in [0.25, 0.3) is 0 Å². The third-order valence-electron chi connectivity index (χ3n) is 5.92. The first kappa shape index (κ1) is 19.3. The van der Waals surface area contributed by atoms with Gasteiger partial charge in [0, 0.05) is 38.3 Å². The summed E-state index contributed by atoms with van der Waals surface area (Å²) in [7, 11) is 0. The normalized spacial score (nSPS) is 17.5. The lowest BCUT2D eigenvalue weighted by Crippen LogP contribution is -2.46. The number of piperazine rings is 1. The average Bonchev–Trinajstić information content (AvgIpc) is 3.16. The van der Waals surface area contributed by atoms with Gasteiger partial charge in [0.2, 0.25) is 11.8 Å². The Bertz CT molecular complexity index is 1000. The van der Waals surface area contributed by atoms with Crippen molar-refractivity contribution in [3.05, 3.63) is 41.9 Å². The Kier molecular flexibility index (Phi) is 5.29. The van der Waals surface area contributed by atoms with Crippen LogP contribution in [0.5, 0.6) is 5.88 Å². The molecular formula is C23H29N5O2. The van der Waals surface area contributed by atoms with E-state index in [9.17, 15) is 0 Å². The largest absolute Gasteiger partial charge is 0.474 e. The number of oxazole rings is 1. The monoisotopic (exact) mass is 407 g/mol. The molecule has 3 heterocycles. The molecule has 1 aromatic carbocycles. The summed E-state index contributed by atoms with van der Waals surface area (Å²) in [4.78, 5) is 18.3. The second-order valence-corrected chi connectivity index (χ2v) is 8.49. The van der Waals surface area contributed by atoms with Gasteiger partial charge >= 0.3 is 0 Å². The molecule has 0 atom stereocenters. The van der Waals surface area contributed by atoms with Crippen molar-refractivity contribution in [2.45, 2.75) is 52.2 Å². The molecule has 7 nitrogen and oxygen atoms in total. The average molecular weight is 408 g/mol. The van der Waals surface area contributed by atoms with Crippen molar-refractivity contribution < 1.29 is 9.15 Å². The fourth-order valence-corrected chi connectivity index (χ4v) is 4.36. The van der Waals surface area contributed by atoms with Crippen molar-refractivity contribution in [3.8, 4) is 5.88 Å². The molecule has 1 aliphatic heterocycles. The first-order valence-corrected chi connectivity index (χ1v) is 11.0. The number of benzene rings is 1. The zero-order valence-corrected chi connectivity index (χ0v) is 17.8. The Morgan fingerprint density at radius 1 is 1.07 bits per heavy atom. The summed E-state index contributed by atoms with van der Waals surface area (Å²) in [6.45, 7) is 8.76. The maximum absolute atomic E-state index is 6.02. The van der Waals surface area contributed by atoms with Gasteiger partial charge in [-0.2, -0.15) is 0 Å². The van der Waals surface area contributed by atoms with Gasteiger partial charge in [0.15, 0.2) is 0 Å². The van der Waals surface area contributed by atoms with Crippen LogP contribution in [0.15, 0.2) is 28.9 Å². The van der Waals surface area contributed by atoms with Crippen LogP contribution in [-0.2, 0) is 19.4 Å². The summed E-state index contributed by atoms with van der Waals surface area (Å²) in [5.41, 5.74) is 3.29. The van der Waals surface area contributed by atoms with Gasteiger partial charge in [0.05, 0.1) is 29.2 Å². The summed E-state index contributed by atoms with van der Waals surface area (Å²) in [6.07, 6.45) is 6.22. The maximum Gasteiger partial charge on any atom is 0.224 e. The van der Waals surface area contributed by atoms with Crippen LogP contribution in [0.1, 0.15) is 44.0 Å². The van der Waals surface area contributed by atoms with E-state index in [1.807, 2.05) is 13.8 Å². The van der Waals surface area contributed by atoms with E-state index in [4.69, 9.17) is 14.1 Å². The number of rotatable bonds is 5. The third kappa shape index (κ3) is 3.99. The number of nitrogens with zero attached hydrogens (tertiary/aromatic N) is 5. The number of aryl methyl sites for hydroxylation is 2. The van der Waals surface area contributed by atoms with E-state index in [1.165, 1.54) is 24.2 Å². The van der Waals surface area contributed by atoms with E-state index < -0.39 is 0 Å². The van der Waals surface area contributed by atoms with E-state index in [1.54, 1.807) is 6.33 Å². The molecule has 158 valence electrons. The van der Waals surface area contributed by atoms with Crippen molar-refractivity contribution in [2.75, 3.05) is 31.1 Å². The number of hydrogen-bond donors (Lipinski definition) is 0. The quantitative estimate of drug-likeness (QED) is 0.640. The second kappa shape index (κ2) is 8.22. The molecule has 0 amide bonds. The van der Waals surface area contributed by atoms with E-state index in [0.29, 0.717) is 5.88 Å². The minimum Gasteiger partial charge on any atom is -0.474 e. The molecule has 0 saturated carbocycles. The van der Waals surface area contributed by atoms with E-state index in [-0.39, 0.29) is 6.10 Å². The summed E-state index contributed by atoms with van der Waals surface area (Å²) >= 11 is 0. The molecule has 7 heteroatoms. The van der Waals surface area contributed by atoms with Crippen LogP contribution in [0, 0.1) is 0 Å². The fraction of sp³-hybridized carbons (Fsp3) is 0.522. The van der Waals surface area contributed by atoms with Gasteiger partial charge in [0.1, 0.15) is 12.1 Å². The highest BCUT2D eigenvalue weighted by molar-refractivity contribution is 5.86. The van der Waals surface area contributed by atoms with E-state index >= 15 is 0 Å². The van der Waals surface area contributed by atoms with Gasteiger partial charge < -0.3 is 14.1 Å². The van der Waals surface area contributed by atoms with Gasteiger partial charge in [-0.05, 0) is 51.3 Å². The molecule has 3 aromatic rings. The summed E-state index contributed by atoms with van der Waals surface area (Å²) in [5.74, 6) is 2.66. The highest BCUT2D eigenvalue weighted by atomic mass is 16.5. The van der Waals surface area contributed by atoms with Crippen molar-refractivity contribution >= 4 is 16.6 Å². The fourth-order valence-electron chi connectivity index (χ4n) is 4.36. The number of hydrogen-bond acceptors (Lipinski definition) is 7. The minimum atomic E-state index is 0.0798. The smallest absolute Gasteiger partial charge is 0.224 e. The number of aromatic nitrogens is 3. The predicted octanol–water partition coefficient (Wildman–Crippen LogP) is 3.61. The molecule has 1 saturated heterocycles. The molecule has 0 radical (unpaired) electrons. The predicted molar refractivity (Wildman–Crippen MR) is 116 cm³/mol. The number of ether oxygens (including phenoxy) is 1. The third-order valence-corrected chi connectivity index (χ3v) is 5.92. The van der Waals surface area contributed by atoms with Gasteiger partial charge in [-0.15, -0.1) is 0 Å². The topological polar surface area (TPSA) is 67.5 Å². The van der Waals surface area contributed by atoms with E-state index in [2.05, 4.69) is 38.0 Å². The molecule has 30 heavy (non-hydrogen) atoms. The Morgan fingerprint density at radius 2 is 1.90 bits per heavy atom. The lowest BCUT2D eigenvalue weighted by atomic mass is 10.0. The van der Waals surface area contributed by atoms with Crippen LogP contribution in [0.3, 0.4) is 0 Å². The molecule has 2 aromatic heterocycles. The maximum atomic E-state index is 6.02. The standard InChI is InChI=1S/C23H29N5O2/c1-16(2)29-23-18-13-17(7-8-19(18)24-15-25-23)28-11-9-27(10-12-28)14-22-26-20-5-3-4-6-21(20)30-22/h7-8,13,15-16H,3-6,9-12,14H2,1-2H3. The second-order valence-electron chi connectivity index (χ2n) is 8.49. The van der Waals surface area contributed by atoms with E-state index in [0.717, 1.165) is 68.1 Å². The van der Waals surface area contributed by atoms with Crippen LogP contribution >= 0.6 is 0 Å². The molecule has 0 N–H and O–H groups in total. The Balaban J connectivity index is 1.26. The Hall–Kier alpha value is -2.67. The number of anilines is 1. The van der Waals surface area contributed by atoms with Crippen molar-refractivity contribution in [3.63, 3.8) is 0 Å².